The summed E-state index contributed by atoms with van der Waals surface area (Å²) in [4.78, 5) is 14.2. The Morgan fingerprint density at radius 2 is 1.96 bits per heavy atom. The minimum atomic E-state index is -4.58. The van der Waals surface area contributed by atoms with Crippen LogP contribution in [0, 0.1) is 12.8 Å². The fraction of sp³-hybridized carbons (Fsp3) is 0.588. The van der Waals surface area contributed by atoms with Crippen molar-refractivity contribution in [2.75, 3.05) is 18.4 Å². The number of aryl methyl sites for hydroxylation is 1. The summed E-state index contributed by atoms with van der Waals surface area (Å²) >= 11 is 0. The van der Waals surface area contributed by atoms with Crippen LogP contribution in [0.4, 0.5) is 18.9 Å². The van der Waals surface area contributed by atoms with Crippen molar-refractivity contribution in [2.45, 2.75) is 45.0 Å². The van der Waals surface area contributed by atoms with Crippen LogP contribution in [0.3, 0.4) is 0 Å². The maximum Gasteiger partial charge on any atom is 0.414 e. The second-order valence-electron chi connectivity index (χ2n) is 6.39. The zero-order chi connectivity index (χ0) is 17.9. The number of anilines is 1. The number of halogens is 3. The summed E-state index contributed by atoms with van der Waals surface area (Å²) in [6.45, 7) is 4.39. The average Bonchev–Trinajstić information content (AvgIpc) is 2.52. The van der Waals surface area contributed by atoms with Crippen LogP contribution >= 0.6 is 0 Å². The number of benzene rings is 1. The van der Waals surface area contributed by atoms with E-state index >= 15 is 0 Å². The van der Waals surface area contributed by atoms with Gasteiger partial charge in [-0.3, -0.25) is 9.69 Å². The Kier molecular flexibility index (Phi) is 5.87. The molecule has 1 aliphatic heterocycles. The topological polar surface area (TPSA) is 52.6 Å². The summed E-state index contributed by atoms with van der Waals surface area (Å²) in [7, 11) is 0. The summed E-state index contributed by atoms with van der Waals surface area (Å²) in [6.07, 6.45) is -6.41. The van der Waals surface area contributed by atoms with Gasteiger partial charge >= 0.3 is 6.18 Å². The summed E-state index contributed by atoms with van der Waals surface area (Å²) in [6, 6.07) is 6.99. The third-order valence-corrected chi connectivity index (χ3v) is 4.57. The lowest BCUT2D eigenvalue weighted by Gasteiger charge is -2.37. The van der Waals surface area contributed by atoms with E-state index in [0.29, 0.717) is 18.8 Å². The molecule has 24 heavy (non-hydrogen) atoms. The molecule has 0 saturated carbocycles. The third kappa shape index (κ3) is 4.70. The number of rotatable bonds is 4. The molecule has 0 radical (unpaired) electrons. The van der Waals surface area contributed by atoms with E-state index in [1.54, 1.807) is 13.0 Å². The highest BCUT2D eigenvalue weighted by Gasteiger charge is 2.44. The smallest absolute Gasteiger partial charge is 0.383 e. The van der Waals surface area contributed by atoms with Crippen LogP contribution in [0.2, 0.25) is 0 Å². The Hall–Kier alpha value is -1.60. The molecule has 2 rings (SSSR count). The van der Waals surface area contributed by atoms with Gasteiger partial charge in [0.1, 0.15) is 0 Å². The number of aliphatic hydroxyl groups is 1. The fourth-order valence-corrected chi connectivity index (χ4v) is 3.03. The zero-order valence-electron chi connectivity index (χ0n) is 13.8. The molecule has 2 unspecified atom stereocenters. The summed E-state index contributed by atoms with van der Waals surface area (Å²) in [5.74, 6) is -0.983. The Balaban J connectivity index is 1.88. The van der Waals surface area contributed by atoms with Gasteiger partial charge < -0.3 is 10.4 Å². The molecule has 134 valence electrons. The van der Waals surface area contributed by atoms with E-state index < -0.39 is 24.2 Å². The quantitative estimate of drug-likeness (QED) is 0.883. The lowest BCUT2D eigenvalue weighted by molar-refractivity contribution is -0.223. The van der Waals surface area contributed by atoms with Crippen LogP contribution in [0.25, 0.3) is 0 Å². The van der Waals surface area contributed by atoms with Crippen molar-refractivity contribution in [1.82, 2.24) is 4.90 Å². The summed E-state index contributed by atoms with van der Waals surface area (Å²) < 4.78 is 37.7. The van der Waals surface area contributed by atoms with Gasteiger partial charge in [-0.15, -0.1) is 0 Å². The van der Waals surface area contributed by atoms with Crippen LogP contribution in [-0.4, -0.2) is 47.3 Å². The summed E-state index contributed by atoms with van der Waals surface area (Å²) in [5.41, 5.74) is 1.73. The van der Waals surface area contributed by atoms with E-state index in [2.05, 4.69) is 5.32 Å². The Morgan fingerprint density at radius 3 is 2.50 bits per heavy atom. The van der Waals surface area contributed by atoms with Gasteiger partial charge in [-0.25, -0.2) is 0 Å². The number of nitrogens with one attached hydrogen (secondary N) is 1. The highest BCUT2D eigenvalue weighted by molar-refractivity contribution is 5.94. The molecule has 1 aromatic rings. The maximum absolute atomic E-state index is 12.6. The normalized spacial score (nSPS) is 19.8. The Bertz CT molecular complexity index is 569. The largest absolute Gasteiger partial charge is 0.414 e. The first-order chi connectivity index (χ1) is 11.2. The molecule has 1 aliphatic rings. The molecule has 2 atom stereocenters. The predicted molar refractivity (Wildman–Crippen MR) is 85.6 cm³/mol. The van der Waals surface area contributed by atoms with Gasteiger partial charge in [0.15, 0.2) is 6.10 Å². The van der Waals surface area contributed by atoms with Crippen molar-refractivity contribution < 1.29 is 23.1 Å². The molecular formula is C17H23F3N2O2. The number of amides is 1. The number of hydrogen-bond acceptors (Lipinski definition) is 3. The number of carbonyl (C=O) groups excluding carboxylic acids is 1. The van der Waals surface area contributed by atoms with Crippen LogP contribution in [-0.2, 0) is 4.79 Å². The van der Waals surface area contributed by atoms with Gasteiger partial charge in [0.25, 0.3) is 0 Å². The maximum atomic E-state index is 12.6. The molecule has 1 fully saturated rings. The molecule has 0 bridgehead atoms. The van der Waals surface area contributed by atoms with Crippen molar-refractivity contribution in [3.63, 3.8) is 0 Å². The van der Waals surface area contributed by atoms with E-state index in [-0.39, 0.29) is 18.7 Å². The molecule has 7 heteroatoms. The first-order valence-corrected chi connectivity index (χ1v) is 8.05. The molecular weight excluding hydrogens is 321 g/mol. The number of piperidine rings is 1. The number of aliphatic hydroxyl groups excluding tert-OH is 1. The predicted octanol–water partition coefficient (Wildman–Crippen LogP) is 2.96. The molecule has 0 aliphatic carbocycles. The number of nitrogens with zero attached hydrogens (tertiary/aromatic N) is 1. The van der Waals surface area contributed by atoms with Gasteiger partial charge in [-0.2, -0.15) is 13.2 Å². The van der Waals surface area contributed by atoms with Crippen LogP contribution in [0.1, 0.15) is 25.3 Å². The minimum Gasteiger partial charge on any atom is -0.383 e. The van der Waals surface area contributed by atoms with Crippen LogP contribution in [0.15, 0.2) is 24.3 Å². The van der Waals surface area contributed by atoms with E-state index in [9.17, 15) is 23.1 Å². The average molecular weight is 344 g/mol. The third-order valence-electron chi connectivity index (χ3n) is 4.57. The number of hydrogen-bond donors (Lipinski definition) is 2. The van der Waals surface area contributed by atoms with Crippen molar-refractivity contribution in [1.29, 1.82) is 0 Å². The van der Waals surface area contributed by atoms with E-state index in [4.69, 9.17) is 0 Å². The highest BCUT2D eigenvalue weighted by atomic mass is 19.4. The lowest BCUT2D eigenvalue weighted by Crippen LogP contribution is -2.49. The van der Waals surface area contributed by atoms with Gasteiger partial charge in [-0.1, -0.05) is 12.1 Å². The molecule has 0 aromatic heterocycles. The molecule has 1 amide bonds. The molecule has 2 N–H and O–H groups in total. The molecule has 1 aromatic carbocycles. The first kappa shape index (κ1) is 18.7. The minimum absolute atomic E-state index is 0.185. The number of likely N-dealkylation sites (tertiary alicyclic amines) is 1. The van der Waals surface area contributed by atoms with Crippen molar-refractivity contribution >= 4 is 11.6 Å². The molecule has 4 nitrogen and oxygen atoms in total. The van der Waals surface area contributed by atoms with Crippen LogP contribution < -0.4 is 5.32 Å². The highest BCUT2D eigenvalue weighted by Crippen LogP contribution is 2.32. The van der Waals surface area contributed by atoms with Gasteiger partial charge in [0.2, 0.25) is 5.91 Å². The standard InChI is InChI=1S/C17H23F3N2O2/c1-11-4-3-5-14(10-11)21-16(24)12(2)22-8-6-13(7-9-22)15(23)17(18,19)20/h3-5,10,12-13,15,23H,6-9H2,1-2H3,(H,21,24). The van der Waals surface area contributed by atoms with Gasteiger partial charge in [0, 0.05) is 5.69 Å². The van der Waals surface area contributed by atoms with E-state index in [1.807, 2.05) is 30.0 Å². The van der Waals surface area contributed by atoms with E-state index in [0.717, 1.165) is 5.56 Å². The van der Waals surface area contributed by atoms with Crippen molar-refractivity contribution in [3.8, 4) is 0 Å². The molecule has 1 saturated heterocycles. The van der Waals surface area contributed by atoms with Gasteiger partial charge in [-0.05, 0) is 63.4 Å². The zero-order valence-corrected chi connectivity index (χ0v) is 13.8. The lowest BCUT2D eigenvalue weighted by atomic mass is 9.90. The number of alkyl halides is 3. The summed E-state index contributed by atoms with van der Waals surface area (Å²) in [5, 5.41) is 12.2. The fourth-order valence-electron chi connectivity index (χ4n) is 3.03. The monoisotopic (exact) mass is 344 g/mol. The second-order valence-corrected chi connectivity index (χ2v) is 6.39. The van der Waals surface area contributed by atoms with Crippen molar-refractivity contribution in [2.24, 2.45) is 5.92 Å². The van der Waals surface area contributed by atoms with Crippen molar-refractivity contribution in [3.05, 3.63) is 29.8 Å². The second kappa shape index (κ2) is 7.53. The number of carbonyl (C=O) groups is 1. The first-order valence-electron chi connectivity index (χ1n) is 8.05. The SMILES string of the molecule is Cc1cccc(NC(=O)C(C)N2CCC(C(O)C(F)(F)F)CC2)c1. The molecule has 1 heterocycles. The van der Waals surface area contributed by atoms with Crippen LogP contribution in [0.5, 0.6) is 0 Å². The Morgan fingerprint density at radius 1 is 1.33 bits per heavy atom. The molecule has 0 spiro atoms. The van der Waals surface area contributed by atoms with E-state index in [1.165, 1.54) is 0 Å². The van der Waals surface area contributed by atoms with Gasteiger partial charge in [0.05, 0.1) is 6.04 Å². The Labute approximate surface area is 139 Å².